The van der Waals surface area contributed by atoms with Crippen molar-refractivity contribution in [1.29, 1.82) is 0 Å². The van der Waals surface area contributed by atoms with Gasteiger partial charge in [-0.1, -0.05) is 23.2 Å². The lowest BCUT2D eigenvalue weighted by molar-refractivity contribution is -0.116. The number of carbonyl (C=O) groups excluding carboxylic acids is 1. The number of amides is 1. The van der Waals surface area contributed by atoms with Crippen molar-refractivity contribution in [3.05, 3.63) is 57.6 Å². The van der Waals surface area contributed by atoms with Crippen LogP contribution in [0.5, 0.6) is 5.75 Å². The number of fused-ring (bicyclic) bond motifs is 1. The van der Waals surface area contributed by atoms with Crippen LogP contribution in [0.2, 0.25) is 10.0 Å². The quantitative estimate of drug-likeness (QED) is 0.827. The third kappa shape index (κ3) is 2.92. The van der Waals surface area contributed by atoms with Crippen molar-refractivity contribution >= 4 is 40.5 Å². The molecule has 1 aliphatic rings. The summed E-state index contributed by atoms with van der Waals surface area (Å²) in [6, 6.07) is 10.7. The summed E-state index contributed by atoms with van der Waals surface area (Å²) < 4.78 is 5.27. The van der Waals surface area contributed by atoms with E-state index in [1.54, 1.807) is 43.3 Å². The normalized spacial score (nSPS) is 14.2. The van der Waals surface area contributed by atoms with Crippen molar-refractivity contribution in [3.63, 3.8) is 0 Å². The lowest BCUT2D eigenvalue weighted by Crippen LogP contribution is -2.27. The molecule has 0 saturated carbocycles. The summed E-state index contributed by atoms with van der Waals surface area (Å²) in [5.74, 6) is 0.571. The second kappa shape index (κ2) is 6.22. The Bertz CT molecular complexity index is 818. The first-order chi connectivity index (χ1) is 11.0. The second-order valence-electron chi connectivity index (χ2n) is 5.12. The third-order valence-corrected chi connectivity index (χ3v) is 4.31. The fourth-order valence-corrected chi connectivity index (χ4v) is 2.88. The Morgan fingerprint density at radius 3 is 2.65 bits per heavy atom. The van der Waals surface area contributed by atoms with E-state index in [0.29, 0.717) is 27.1 Å². The van der Waals surface area contributed by atoms with Crippen LogP contribution in [0.15, 0.2) is 41.4 Å². The molecule has 0 atom stereocenters. The van der Waals surface area contributed by atoms with Crippen LogP contribution in [-0.4, -0.2) is 32.3 Å². The molecule has 6 heteroatoms. The number of halogens is 2. The van der Waals surface area contributed by atoms with Crippen molar-refractivity contribution < 1.29 is 9.53 Å². The van der Waals surface area contributed by atoms with Gasteiger partial charge in [0.25, 0.3) is 0 Å². The van der Waals surface area contributed by atoms with Crippen LogP contribution < -0.4 is 9.64 Å². The maximum atomic E-state index is 12.2. The topological polar surface area (TPSA) is 41.9 Å². The molecule has 1 aliphatic heterocycles. The largest absolute Gasteiger partial charge is 0.497 e. The highest BCUT2D eigenvalue weighted by Gasteiger charge is 2.24. The van der Waals surface area contributed by atoms with E-state index in [4.69, 9.17) is 27.9 Å². The smallest absolute Gasteiger partial charge is 0.248 e. The van der Waals surface area contributed by atoms with Crippen LogP contribution in [0.3, 0.4) is 0 Å². The molecule has 0 bridgehead atoms. The van der Waals surface area contributed by atoms with Gasteiger partial charge in [0.05, 0.1) is 23.5 Å². The van der Waals surface area contributed by atoms with Gasteiger partial charge in [0, 0.05) is 23.2 Å². The molecule has 118 valence electrons. The Kier molecular flexibility index (Phi) is 4.28. The van der Waals surface area contributed by atoms with Gasteiger partial charge in [-0.15, -0.1) is 0 Å². The fraction of sp³-hybridized carbons (Fsp3) is 0.176. The predicted molar refractivity (Wildman–Crippen MR) is 93.4 cm³/mol. The van der Waals surface area contributed by atoms with Crippen LogP contribution in [0.25, 0.3) is 0 Å². The van der Waals surface area contributed by atoms with Gasteiger partial charge >= 0.3 is 0 Å². The van der Waals surface area contributed by atoms with Gasteiger partial charge in [0.2, 0.25) is 5.91 Å². The number of rotatable bonds is 2. The molecule has 0 N–H and O–H groups in total. The number of benzodiazepines with no additional fused rings is 1. The zero-order chi connectivity index (χ0) is 16.6. The number of likely N-dealkylation sites (N-methyl/N-ethyl adjacent to an activating group) is 1. The Morgan fingerprint density at radius 2 is 1.91 bits per heavy atom. The van der Waals surface area contributed by atoms with Crippen LogP contribution in [0, 0.1) is 0 Å². The van der Waals surface area contributed by atoms with Crippen molar-refractivity contribution in [1.82, 2.24) is 0 Å². The SMILES string of the molecule is COc1ccc(Cl)c(C2=NCC(=O)N(C)c3ccc(Cl)cc32)c1. The van der Waals surface area contributed by atoms with Crippen molar-refractivity contribution in [2.24, 2.45) is 4.99 Å². The maximum Gasteiger partial charge on any atom is 0.248 e. The lowest BCUT2D eigenvalue weighted by Gasteiger charge is -2.18. The van der Waals surface area contributed by atoms with E-state index in [-0.39, 0.29) is 12.5 Å². The predicted octanol–water partition coefficient (Wildman–Crippen LogP) is 3.82. The highest BCUT2D eigenvalue weighted by Crippen LogP contribution is 2.32. The number of aliphatic imine (C=N–C) groups is 1. The molecule has 2 aromatic rings. The molecule has 0 aromatic heterocycles. The summed E-state index contributed by atoms with van der Waals surface area (Å²) in [6.07, 6.45) is 0. The first kappa shape index (κ1) is 15.8. The van der Waals surface area contributed by atoms with Gasteiger partial charge in [-0.25, -0.2) is 0 Å². The van der Waals surface area contributed by atoms with E-state index < -0.39 is 0 Å². The fourth-order valence-electron chi connectivity index (χ4n) is 2.51. The lowest BCUT2D eigenvalue weighted by atomic mass is 10.00. The average molecular weight is 349 g/mol. The minimum Gasteiger partial charge on any atom is -0.497 e. The number of ether oxygens (including phenoxy) is 1. The van der Waals surface area contributed by atoms with E-state index in [0.717, 1.165) is 11.3 Å². The van der Waals surface area contributed by atoms with Gasteiger partial charge in [0.1, 0.15) is 12.3 Å². The second-order valence-corrected chi connectivity index (χ2v) is 5.97. The third-order valence-electron chi connectivity index (χ3n) is 3.75. The monoisotopic (exact) mass is 348 g/mol. The van der Waals surface area contributed by atoms with E-state index in [1.165, 1.54) is 0 Å². The van der Waals surface area contributed by atoms with Crippen molar-refractivity contribution in [3.8, 4) is 5.75 Å². The molecule has 23 heavy (non-hydrogen) atoms. The summed E-state index contributed by atoms with van der Waals surface area (Å²) in [5, 5.41) is 1.10. The maximum absolute atomic E-state index is 12.2. The number of hydrogen-bond acceptors (Lipinski definition) is 3. The highest BCUT2D eigenvalue weighted by molar-refractivity contribution is 6.37. The molecule has 2 aromatic carbocycles. The molecular formula is C17H14Cl2N2O2. The number of methoxy groups -OCH3 is 1. The van der Waals surface area contributed by atoms with Gasteiger partial charge in [0.15, 0.2) is 0 Å². The summed E-state index contributed by atoms with van der Waals surface area (Å²) in [6.45, 7) is 0.0473. The minimum absolute atomic E-state index is 0.0473. The van der Waals surface area contributed by atoms with Crippen molar-refractivity contribution in [2.75, 3.05) is 25.6 Å². The Labute approximate surface area is 144 Å². The molecular weight excluding hydrogens is 335 g/mol. The number of hydrogen-bond donors (Lipinski definition) is 0. The molecule has 0 unspecified atom stereocenters. The zero-order valence-electron chi connectivity index (χ0n) is 12.6. The van der Waals surface area contributed by atoms with E-state index in [9.17, 15) is 4.79 Å². The summed E-state index contributed by atoms with van der Waals surface area (Å²) >= 11 is 12.5. The molecule has 1 heterocycles. The number of anilines is 1. The Hall–Kier alpha value is -2.04. The summed E-state index contributed by atoms with van der Waals surface area (Å²) in [5.41, 5.74) is 2.84. The molecule has 1 amide bonds. The molecule has 0 aliphatic carbocycles. The van der Waals surface area contributed by atoms with Crippen molar-refractivity contribution in [2.45, 2.75) is 0 Å². The summed E-state index contributed by atoms with van der Waals surface area (Å²) in [7, 11) is 3.31. The van der Waals surface area contributed by atoms with Crippen LogP contribution in [-0.2, 0) is 4.79 Å². The highest BCUT2D eigenvalue weighted by atomic mass is 35.5. The molecule has 0 saturated heterocycles. The van der Waals surface area contributed by atoms with Gasteiger partial charge in [-0.05, 0) is 36.4 Å². The standard InChI is InChI=1S/C17H14Cl2N2O2/c1-21-15-6-3-10(18)7-13(15)17(20-9-16(21)22)12-8-11(23-2)4-5-14(12)19/h3-8H,9H2,1-2H3. The molecule has 0 radical (unpaired) electrons. The summed E-state index contributed by atoms with van der Waals surface area (Å²) in [4.78, 5) is 18.2. The van der Waals surface area contributed by atoms with Gasteiger partial charge in [-0.2, -0.15) is 0 Å². The molecule has 4 nitrogen and oxygen atoms in total. The first-order valence-electron chi connectivity index (χ1n) is 6.96. The van der Waals surface area contributed by atoms with E-state index in [2.05, 4.69) is 4.99 Å². The van der Waals surface area contributed by atoms with Gasteiger partial charge < -0.3 is 9.64 Å². The number of carbonyl (C=O) groups is 1. The molecule has 0 spiro atoms. The number of nitrogens with zero attached hydrogens (tertiary/aromatic N) is 2. The zero-order valence-corrected chi connectivity index (χ0v) is 14.1. The Morgan fingerprint density at radius 1 is 1.13 bits per heavy atom. The van der Waals surface area contributed by atoms with E-state index >= 15 is 0 Å². The van der Waals surface area contributed by atoms with Crippen LogP contribution >= 0.6 is 23.2 Å². The van der Waals surface area contributed by atoms with E-state index in [1.807, 2.05) is 12.1 Å². The van der Waals surface area contributed by atoms with Crippen LogP contribution in [0.1, 0.15) is 11.1 Å². The number of benzene rings is 2. The average Bonchev–Trinajstić information content (AvgIpc) is 2.66. The minimum atomic E-state index is -0.0948. The molecule has 3 rings (SSSR count). The molecule has 0 fully saturated rings. The Balaban J connectivity index is 2.25. The first-order valence-corrected chi connectivity index (χ1v) is 7.71. The van der Waals surface area contributed by atoms with Gasteiger partial charge in [-0.3, -0.25) is 9.79 Å². The van der Waals surface area contributed by atoms with Crippen LogP contribution in [0.4, 0.5) is 5.69 Å².